The molecule has 3 N–H and O–H groups in total. The summed E-state index contributed by atoms with van der Waals surface area (Å²) in [5.41, 5.74) is 5.43. The van der Waals surface area contributed by atoms with E-state index < -0.39 is 6.09 Å². The van der Waals surface area contributed by atoms with E-state index in [2.05, 4.69) is 0 Å². The van der Waals surface area contributed by atoms with Crippen molar-refractivity contribution in [1.29, 1.82) is 0 Å². The highest BCUT2D eigenvalue weighted by molar-refractivity contribution is 5.69. The summed E-state index contributed by atoms with van der Waals surface area (Å²) in [6.07, 6.45) is 1.69. The number of carboxylic acid groups (broad SMARTS) is 1. The van der Waals surface area contributed by atoms with Crippen LogP contribution >= 0.6 is 0 Å². The van der Waals surface area contributed by atoms with Crippen molar-refractivity contribution in [2.75, 3.05) is 0 Å². The summed E-state index contributed by atoms with van der Waals surface area (Å²) < 4.78 is 0. The smallest absolute Gasteiger partial charge is 0.408 e. The third-order valence-corrected chi connectivity index (χ3v) is 3.38. The number of amides is 1. The predicted octanol–water partition coefficient (Wildman–Crippen LogP) is 1.40. The van der Waals surface area contributed by atoms with Crippen molar-refractivity contribution in [3.63, 3.8) is 0 Å². The zero-order valence-electron chi connectivity index (χ0n) is 9.00. The van der Waals surface area contributed by atoms with Crippen LogP contribution in [-0.4, -0.2) is 32.7 Å². The number of nitrogens with two attached hydrogens (primary N) is 1. The Hall–Kier alpha value is -0.770. The van der Waals surface area contributed by atoms with E-state index in [0.29, 0.717) is 0 Å². The van der Waals surface area contributed by atoms with Gasteiger partial charge >= 0.3 is 6.09 Å². The van der Waals surface area contributed by atoms with E-state index in [1.165, 1.54) is 0 Å². The largest absolute Gasteiger partial charge is 0.465 e. The van der Waals surface area contributed by atoms with Gasteiger partial charge in [0.15, 0.2) is 0 Å². The van der Waals surface area contributed by atoms with E-state index >= 15 is 0 Å². The number of hydrogen-bond donors (Lipinski definition) is 2. The SMILES string of the molecule is CC(C)(C)N(C(=O)O)C12CC(N)(C1)C2. The minimum Gasteiger partial charge on any atom is -0.465 e. The molecule has 2 bridgehead atoms. The van der Waals surface area contributed by atoms with E-state index in [1.54, 1.807) is 4.90 Å². The van der Waals surface area contributed by atoms with Gasteiger partial charge in [-0.15, -0.1) is 0 Å². The Morgan fingerprint density at radius 3 is 2.00 bits per heavy atom. The molecule has 4 nitrogen and oxygen atoms in total. The third kappa shape index (κ3) is 1.06. The second-order valence-corrected chi connectivity index (χ2v) is 5.91. The molecule has 3 saturated carbocycles. The van der Waals surface area contributed by atoms with E-state index in [-0.39, 0.29) is 16.6 Å². The average Bonchev–Trinajstić information content (AvgIpc) is 1.76. The molecule has 0 spiro atoms. The van der Waals surface area contributed by atoms with Gasteiger partial charge in [0.1, 0.15) is 0 Å². The van der Waals surface area contributed by atoms with Crippen LogP contribution in [0.5, 0.6) is 0 Å². The van der Waals surface area contributed by atoms with Crippen LogP contribution in [0.1, 0.15) is 40.0 Å². The molecule has 0 aromatic carbocycles. The zero-order valence-corrected chi connectivity index (χ0v) is 9.00. The lowest BCUT2D eigenvalue weighted by atomic mass is 9.43. The van der Waals surface area contributed by atoms with E-state index in [9.17, 15) is 9.90 Å². The lowest BCUT2D eigenvalue weighted by molar-refractivity contribution is -0.172. The van der Waals surface area contributed by atoms with Crippen LogP contribution in [0.4, 0.5) is 4.79 Å². The highest BCUT2D eigenvalue weighted by Crippen LogP contribution is 2.63. The molecule has 1 amide bonds. The minimum atomic E-state index is -0.820. The lowest BCUT2D eigenvalue weighted by Gasteiger charge is -2.73. The van der Waals surface area contributed by atoms with Crippen LogP contribution < -0.4 is 5.73 Å². The van der Waals surface area contributed by atoms with Crippen molar-refractivity contribution in [1.82, 2.24) is 4.90 Å². The van der Waals surface area contributed by atoms with Gasteiger partial charge in [-0.3, -0.25) is 4.90 Å². The van der Waals surface area contributed by atoms with Gasteiger partial charge in [-0.05, 0) is 40.0 Å². The highest BCUT2D eigenvalue weighted by atomic mass is 16.4. The first-order chi connectivity index (χ1) is 6.19. The zero-order chi connectivity index (χ0) is 10.8. The molecule has 0 aliphatic heterocycles. The van der Waals surface area contributed by atoms with Crippen LogP contribution in [0.25, 0.3) is 0 Å². The number of nitrogens with zero attached hydrogens (tertiary/aromatic N) is 1. The normalized spacial score (nSPS) is 39.7. The minimum absolute atomic E-state index is 0.0427. The van der Waals surface area contributed by atoms with Gasteiger partial charge < -0.3 is 10.8 Å². The van der Waals surface area contributed by atoms with Crippen molar-refractivity contribution in [3.05, 3.63) is 0 Å². The van der Waals surface area contributed by atoms with Gasteiger partial charge in [0.05, 0.1) is 5.54 Å². The summed E-state index contributed by atoms with van der Waals surface area (Å²) >= 11 is 0. The Bertz CT molecular complexity index is 273. The highest BCUT2D eigenvalue weighted by Gasteiger charge is 2.71. The first-order valence-electron chi connectivity index (χ1n) is 5.01. The number of carbonyl (C=O) groups is 1. The van der Waals surface area contributed by atoms with Crippen LogP contribution in [-0.2, 0) is 0 Å². The van der Waals surface area contributed by atoms with E-state index in [1.807, 2.05) is 20.8 Å². The molecule has 0 heterocycles. The molecule has 3 rings (SSSR count). The molecule has 3 fully saturated rings. The Kier molecular flexibility index (Phi) is 1.56. The van der Waals surface area contributed by atoms with Crippen molar-refractivity contribution >= 4 is 6.09 Å². The van der Waals surface area contributed by atoms with Crippen molar-refractivity contribution in [2.45, 2.75) is 56.7 Å². The van der Waals surface area contributed by atoms with E-state index in [0.717, 1.165) is 19.3 Å². The van der Waals surface area contributed by atoms with Gasteiger partial charge in [0.2, 0.25) is 0 Å². The van der Waals surface area contributed by atoms with E-state index in [4.69, 9.17) is 5.73 Å². The van der Waals surface area contributed by atoms with Gasteiger partial charge in [-0.1, -0.05) is 0 Å². The fourth-order valence-corrected chi connectivity index (χ4v) is 3.25. The molecule has 0 saturated heterocycles. The Balaban J connectivity index is 2.18. The van der Waals surface area contributed by atoms with Crippen LogP contribution in [0.2, 0.25) is 0 Å². The van der Waals surface area contributed by atoms with Gasteiger partial charge in [-0.25, -0.2) is 4.79 Å². The molecule has 80 valence electrons. The summed E-state index contributed by atoms with van der Waals surface area (Å²) in [6.45, 7) is 5.81. The molecular weight excluding hydrogens is 180 g/mol. The van der Waals surface area contributed by atoms with Crippen molar-refractivity contribution < 1.29 is 9.90 Å². The molecule has 0 radical (unpaired) electrons. The molecule has 14 heavy (non-hydrogen) atoms. The summed E-state index contributed by atoms with van der Waals surface area (Å²) in [6, 6.07) is 0. The number of hydrogen-bond acceptors (Lipinski definition) is 2. The van der Waals surface area contributed by atoms with Crippen LogP contribution in [0.3, 0.4) is 0 Å². The fourth-order valence-electron chi connectivity index (χ4n) is 3.25. The quantitative estimate of drug-likeness (QED) is 0.669. The summed E-state index contributed by atoms with van der Waals surface area (Å²) in [5, 5.41) is 9.20. The topological polar surface area (TPSA) is 66.6 Å². The molecule has 0 atom stereocenters. The molecule has 0 aromatic rings. The predicted molar refractivity (Wildman–Crippen MR) is 53.1 cm³/mol. The fraction of sp³-hybridized carbons (Fsp3) is 0.900. The van der Waals surface area contributed by atoms with Crippen LogP contribution in [0.15, 0.2) is 0 Å². The second-order valence-electron chi connectivity index (χ2n) is 5.91. The van der Waals surface area contributed by atoms with Crippen LogP contribution in [0, 0.1) is 0 Å². The molecule has 0 unspecified atom stereocenters. The third-order valence-electron chi connectivity index (χ3n) is 3.38. The molecule has 3 aliphatic rings. The Morgan fingerprint density at radius 1 is 1.36 bits per heavy atom. The maximum absolute atomic E-state index is 11.2. The molecular formula is C10H18N2O2. The van der Waals surface area contributed by atoms with Crippen molar-refractivity contribution in [3.8, 4) is 0 Å². The van der Waals surface area contributed by atoms with Crippen molar-refractivity contribution in [2.24, 2.45) is 5.73 Å². The first-order valence-corrected chi connectivity index (χ1v) is 5.01. The summed E-state index contributed by atoms with van der Waals surface area (Å²) in [5.74, 6) is 0. The molecule has 3 aliphatic carbocycles. The second kappa shape index (κ2) is 2.24. The standard InChI is InChI=1S/C10H18N2O2/c1-8(2,3)12(7(13)14)10-4-9(11,5-10)6-10/h4-6,11H2,1-3H3,(H,13,14). The first kappa shape index (κ1) is 9.77. The Labute approximate surface area is 84.1 Å². The average molecular weight is 198 g/mol. The molecule has 4 heteroatoms. The monoisotopic (exact) mass is 198 g/mol. The van der Waals surface area contributed by atoms with Gasteiger partial charge in [-0.2, -0.15) is 0 Å². The maximum atomic E-state index is 11.2. The lowest BCUT2D eigenvalue weighted by Crippen LogP contribution is -2.84. The summed E-state index contributed by atoms with van der Waals surface area (Å²) in [7, 11) is 0. The van der Waals surface area contributed by atoms with Gasteiger partial charge in [0.25, 0.3) is 0 Å². The Morgan fingerprint density at radius 2 is 1.79 bits per heavy atom. The number of rotatable bonds is 1. The van der Waals surface area contributed by atoms with Gasteiger partial charge in [0, 0.05) is 11.1 Å². The summed E-state index contributed by atoms with van der Waals surface area (Å²) in [4.78, 5) is 12.8. The maximum Gasteiger partial charge on any atom is 0.408 e. The molecule has 0 aromatic heterocycles.